The van der Waals surface area contributed by atoms with E-state index in [1.165, 1.54) is 4.90 Å². The summed E-state index contributed by atoms with van der Waals surface area (Å²) in [6.45, 7) is 7.56. The molecule has 0 saturated carbocycles. The van der Waals surface area contributed by atoms with Gasteiger partial charge in [0.15, 0.2) is 0 Å². The van der Waals surface area contributed by atoms with Crippen LogP contribution in [0.3, 0.4) is 0 Å². The summed E-state index contributed by atoms with van der Waals surface area (Å²) in [5.74, 6) is -0.0420. The molecule has 0 aromatic heterocycles. The molecule has 5 nitrogen and oxygen atoms in total. The number of amides is 2. The van der Waals surface area contributed by atoms with Crippen LogP contribution < -0.4 is 11.1 Å². The maximum atomic E-state index is 12.0. The minimum absolute atomic E-state index is 0.0936. The Kier molecular flexibility index (Phi) is 6.32. The zero-order chi connectivity index (χ0) is 14.5. The molecule has 0 fully saturated rings. The van der Waals surface area contributed by atoms with Crippen LogP contribution in [0.2, 0.25) is 0 Å². The number of carbonyl (C=O) groups excluding carboxylic acids is 2. The van der Waals surface area contributed by atoms with Crippen molar-refractivity contribution in [3.8, 4) is 0 Å². The fraction of sp³-hybridized carbons (Fsp3) is 0.846. The lowest BCUT2D eigenvalue weighted by molar-refractivity contribution is -0.136. The first-order valence-electron chi connectivity index (χ1n) is 6.42. The maximum Gasteiger partial charge on any atom is 0.244 e. The Bertz CT molecular complexity index is 299. The maximum absolute atomic E-state index is 12.0. The van der Waals surface area contributed by atoms with E-state index in [9.17, 15) is 9.59 Å². The number of likely N-dealkylation sites (N-methyl/N-ethyl adjacent to an activating group) is 1. The molecular formula is C13H27N3O2. The molecule has 0 spiro atoms. The second-order valence-electron chi connectivity index (χ2n) is 5.66. The third-order valence-corrected chi connectivity index (χ3v) is 3.00. The molecule has 0 heterocycles. The Balaban J connectivity index is 4.80. The molecule has 0 aromatic carbocycles. The first-order valence-corrected chi connectivity index (χ1v) is 6.42. The zero-order valence-corrected chi connectivity index (χ0v) is 12.4. The van der Waals surface area contributed by atoms with E-state index in [1.54, 1.807) is 21.0 Å². The Hall–Kier alpha value is -1.10. The molecule has 0 radical (unpaired) electrons. The number of nitrogens with zero attached hydrogens (tertiary/aromatic N) is 1. The molecular weight excluding hydrogens is 230 g/mol. The number of carbonyl (C=O) groups is 2. The van der Waals surface area contributed by atoms with E-state index in [0.717, 1.165) is 0 Å². The minimum Gasteiger partial charge on any atom is -0.347 e. The highest BCUT2D eigenvalue weighted by molar-refractivity contribution is 5.91. The molecule has 18 heavy (non-hydrogen) atoms. The number of hydrogen-bond acceptors (Lipinski definition) is 3. The van der Waals surface area contributed by atoms with Crippen LogP contribution in [0.4, 0.5) is 0 Å². The van der Waals surface area contributed by atoms with Crippen molar-refractivity contribution in [3.05, 3.63) is 0 Å². The average Bonchev–Trinajstić information content (AvgIpc) is 2.26. The highest BCUT2D eigenvalue weighted by Gasteiger charge is 2.31. The average molecular weight is 257 g/mol. The fourth-order valence-electron chi connectivity index (χ4n) is 1.49. The quantitative estimate of drug-likeness (QED) is 0.736. The van der Waals surface area contributed by atoms with Crippen molar-refractivity contribution in [2.45, 2.75) is 52.1 Å². The Morgan fingerprint density at radius 3 is 2.17 bits per heavy atom. The van der Waals surface area contributed by atoms with Gasteiger partial charge in [-0.1, -0.05) is 20.8 Å². The summed E-state index contributed by atoms with van der Waals surface area (Å²) in [5.41, 5.74) is 4.95. The smallest absolute Gasteiger partial charge is 0.244 e. The lowest BCUT2D eigenvalue weighted by Gasteiger charge is -2.28. The topological polar surface area (TPSA) is 75.4 Å². The van der Waals surface area contributed by atoms with Gasteiger partial charge >= 0.3 is 0 Å². The van der Waals surface area contributed by atoms with Crippen molar-refractivity contribution in [3.63, 3.8) is 0 Å². The highest BCUT2D eigenvalue weighted by Crippen LogP contribution is 2.10. The normalized spacial score (nSPS) is 16.0. The van der Waals surface area contributed by atoms with Gasteiger partial charge in [0, 0.05) is 14.1 Å². The Morgan fingerprint density at radius 1 is 1.33 bits per heavy atom. The van der Waals surface area contributed by atoms with Crippen LogP contribution in [-0.2, 0) is 9.59 Å². The molecule has 0 aliphatic heterocycles. The van der Waals surface area contributed by atoms with Gasteiger partial charge in [0.05, 0.1) is 5.54 Å². The van der Waals surface area contributed by atoms with Gasteiger partial charge < -0.3 is 16.0 Å². The molecule has 0 rings (SSSR count). The third-order valence-electron chi connectivity index (χ3n) is 3.00. The van der Waals surface area contributed by atoms with Crippen molar-refractivity contribution >= 4 is 11.8 Å². The van der Waals surface area contributed by atoms with Gasteiger partial charge in [0.2, 0.25) is 11.8 Å². The molecule has 0 aliphatic carbocycles. The van der Waals surface area contributed by atoms with Crippen LogP contribution in [0.5, 0.6) is 0 Å². The van der Waals surface area contributed by atoms with E-state index in [0.29, 0.717) is 18.8 Å². The number of nitrogens with two attached hydrogens (primary N) is 1. The SMILES string of the molecule is CCC(C)(N)C(=O)NC(CC(C)C)C(=O)N(C)C. The van der Waals surface area contributed by atoms with Crippen molar-refractivity contribution < 1.29 is 9.59 Å². The van der Waals surface area contributed by atoms with E-state index in [4.69, 9.17) is 5.73 Å². The largest absolute Gasteiger partial charge is 0.347 e. The number of nitrogens with one attached hydrogen (secondary N) is 1. The first-order chi connectivity index (χ1) is 8.11. The van der Waals surface area contributed by atoms with Crippen molar-refractivity contribution in [2.75, 3.05) is 14.1 Å². The van der Waals surface area contributed by atoms with Gasteiger partial charge in [0.25, 0.3) is 0 Å². The van der Waals surface area contributed by atoms with Crippen molar-refractivity contribution in [1.29, 1.82) is 0 Å². The lowest BCUT2D eigenvalue weighted by atomic mass is 9.97. The molecule has 2 atom stereocenters. The summed E-state index contributed by atoms with van der Waals surface area (Å²) in [7, 11) is 3.37. The molecule has 2 unspecified atom stereocenters. The van der Waals surface area contributed by atoms with Crippen LogP contribution in [0.1, 0.15) is 40.5 Å². The van der Waals surface area contributed by atoms with E-state index in [1.807, 2.05) is 20.8 Å². The van der Waals surface area contributed by atoms with Gasteiger partial charge in [-0.15, -0.1) is 0 Å². The van der Waals surface area contributed by atoms with Gasteiger partial charge in [-0.05, 0) is 25.7 Å². The molecule has 3 N–H and O–H groups in total. The zero-order valence-electron chi connectivity index (χ0n) is 12.4. The Labute approximate surface area is 110 Å². The summed E-state index contributed by atoms with van der Waals surface area (Å²) in [6, 6.07) is -0.498. The Morgan fingerprint density at radius 2 is 1.83 bits per heavy atom. The van der Waals surface area contributed by atoms with Crippen LogP contribution in [-0.4, -0.2) is 42.4 Å². The van der Waals surface area contributed by atoms with Crippen LogP contribution in [0.15, 0.2) is 0 Å². The summed E-state index contributed by atoms with van der Waals surface area (Å²) < 4.78 is 0. The van der Waals surface area contributed by atoms with E-state index >= 15 is 0 Å². The van der Waals surface area contributed by atoms with E-state index in [-0.39, 0.29) is 11.8 Å². The van der Waals surface area contributed by atoms with Crippen LogP contribution >= 0.6 is 0 Å². The summed E-state index contributed by atoms with van der Waals surface area (Å²) in [4.78, 5) is 25.5. The fourth-order valence-corrected chi connectivity index (χ4v) is 1.49. The second-order valence-corrected chi connectivity index (χ2v) is 5.66. The number of hydrogen-bond donors (Lipinski definition) is 2. The van der Waals surface area contributed by atoms with Crippen LogP contribution in [0.25, 0.3) is 0 Å². The molecule has 0 aliphatic rings. The van der Waals surface area contributed by atoms with Gasteiger partial charge in [-0.2, -0.15) is 0 Å². The van der Waals surface area contributed by atoms with E-state index < -0.39 is 11.6 Å². The monoisotopic (exact) mass is 257 g/mol. The summed E-state index contributed by atoms with van der Waals surface area (Å²) in [6.07, 6.45) is 1.14. The van der Waals surface area contributed by atoms with Gasteiger partial charge in [0.1, 0.15) is 6.04 Å². The predicted octanol–water partition coefficient (Wildman–Crippen LogP) is 0.733. The molecule has 2 amide bonds. The minimum atomic E-state index is -0.929. The molecule has 0 saturated heterocycles. The van der Waals surface area contributed by atoms with Crippen molar-refractivity contribution in [2.24, 2.45) is 11.7 Å². The second kappa shape index (κ2) is 6.73. The highest BCUT2D eigenvalue weighted by atomic mass is 16.2. The molecule has 106 valence electrons. The van der Waals surface area contributed by atoms with Crippen molar-refractivity contribution in [1.82, 2.24) is 10.2 Å². The molecule has 5 heteroatoms. The standard InChI is InChI=1S/C13H27N3O2/c1-7-13(4,14)12(18)15-10(8-9(2)3)11(17)16(5)6/h9-10H,7-8,14H2,1-6H3,(H,15,18). The van der Waals surface area contributed by atoms with E-state index in [2.05, 4.69) is 5.32 Å². The van der Waals surface area contributed by atoms with Crippen LogP contribution in [0, 0.1) is 5.92 Å². The number of rotatable bonds is 6. The first kappa shape index (κ1) is 16.9. The predicted molar refractivity (Wildman–Crippen MR) is 73.0 cm³/mol. The van der Waals surface area contributed by atoms with Gasteiger partial charge in [-0.25, -0.2) is 0 Å². The molecule has 0 bridgehead atoms. The summed E-state index contributed by atoms with van der Waals surface area (Å²) >= 11 is 0. The third kappa shape index (κ3) is 5.04. The van der Waals surface area contributed by atoms with Gasteiger partial charge in [-0.3, -0.25) is 9.59 Å². The summed E-state index contributed by atoms with van der Waals surface area (Å²) in [5, 5.41) is 2.77. The molecule has 0 aromatic rings. The lowest BCUT2D eigenvalue weighted by Crippen LogP contribution is -2.57.